The van der Waals surface area contributed by atoms with Gasteiger partial charge in [0, 0.05) is 16.6 Å². The van der Waals surface area contributed by atoms with Crippen molar-refractivity contribution in [3.05, 3.63) is 11.1 Å². The highest BCUT2D eigenvalue weighted by Gasteiger charge is 2.65. The first-order valence-corrected chi connectivity index (χ1v) is 7.15. The summed E-state index contributed by atoms with van der Waals surface area (Å²) in [4.78, 5) is 23.9. The average Bonchev–Trinajstić information content (AvgIpc) is 2.78. The Balaban J connectivity index is 1.87. The van der Waals surface area contributed by atoms with E-state index < -0.39 is 0 Å². The average molecular weight is 262 g/mol. The molecule has 0 amide bonds. The van der Waals surface area contributed by atoms with E-state index in [9.17, 15) is 9.59 Å². The minimum absolute atomic E-state index is 0.00759. The van der Waals surface area contributed by atoms with Crippen LogP contribution in [0, 0.1) is 17.3 Å². The summed E-state index contributed by atoms with van der Waals surface area (Å²) in [5, 5.41) is 0. The van der Waals surface area contributed by atoms with Gasteiger partial charge in [0.05, 0.1) is 5.92 Å². The maximum Gasteiger partial charge on any atom is 0.334 e. The van der Waals surface area contributed by atoms with Crippen molar-refractivity contribution < 1.29 is 19.1 Å². The minimum atomic E-state index is -0.236. The first-order valence-electron chi connectivity index (χ1n) is 7.15. The molecule has 1 saturated heterocycles. The lowest BCUT2D eigenvalue weighted by Gasteiger charge is -2.48. The molecule has 4 aliphatic rings. The van der Waals surface area contributed by atoms with E-state index in [0.717, 1.165) is 31.3 Å². The van der Waals surface area contributed by atoms with Gasteiger partial charge in [-0.05, 0) is 32.1 Å². The molecule has 0 unspecified atom stereocenters. The molecule has 102 valence electrons. The zero-order valence-corrected chi connectivity index (χ0v) is 11.3. The summed E-state index contributed by atoms with van der Waals surface area (Å²) >= 11 is 0. The Morgan fingerprint density at radius 2 is 2.00 bits per heavy atom. The highest BCUT2D eigenvalue weighted by Crippen LogP contribution is 2.61. The lowest BCUT2D eigenvalue weighted by molar-refractivity contribution is -0.144. The van der Waals surface area contributed by atoms with E-state index in [1.165, 1.54) is 0 Å². The summed E-state index contributed by atoms with van der Waals surface area (Å²) in [6, 6.07) is 0. The third-order valence-electron chi connectivity index (χ3n) is 5.88. The Bertz CT molecular complexity index is 520. The van der Waals surface area contributed by atoms with Crippen LogP contribution in [-0.4, -0.2) is 24.1 Å². The van der Waals surface area contributed by atoms with Gasteiger partial charge >= 0.3 is 11.9 Å². The van der Waals surface area contributed by atoms with Gasteiger partial charge in [0.25, 0.3) is 0 Å². The number of hydrogen-bond donors (Lipinski definition) is 0. The first-order chi connectivity index (χ1) is 9.03. The molecule has 0 N–H and O–H groups in total. The summed E-state index contributed by atoms with van der Waals surface area (Å²) in [7, 11) is 0. The van der Waals surface area contributed by atoms with Crippen LogP contribution in [0.5, 0.6) is 0 Å². The van der Waals surface area contributed by atoms with Crippen molar-refractivity contribution >= 4 is 11.9 Å². The molecule has 2 aliphatic carbocycles. The summed E-state index contributed by atoms with van der Waals surface area (Å²) in [6.07, 6.45) is 3.58. The predicted octanol–water partition coefficient (Wildman–Crippen LogP) is 1.98. The monoisotopic (exact) mass is 262 g/mol. The van der Waals surface area contributed by atoms with Crippen molar-refractivity contribution in [3.63, 3.8) is 0 Å². The van der Waals surface area contributed by atoms with Gasteiger partial charge in [-0.3, -0.25) is 4.79 Å². The number of carbonyl (C=O) groups excluding carboxylic acids is 2. The van der Waals surface area contributed by atoms with Crippen LogP contribution in [0.4, 0.5) is 0 Å². The molecular weight excluding hydrogens is 244 g/mol. The number of esters is 2. The summed E-state index contributed by atoms with van der Waals surface area (Å²) < 4.78 is 11.1. The van der Waals surface area contributed by atoms with Gasteiger partial charge in [-0.15, -0.1) is 0 Å². The van der Waals surface area contributed by atoms with Crippen LogP contribution in [0.1, 0.15) is 39.5 Å². The van der Waals surface area contributed by atoms with Crippen LogP contribution >= 0.6 is 0 Å². The molecule has 4 rings (SSSR count). The molecule has 0 aromatic rings. The maximum atomic E-state index is 12.2. The van der Waals surface area contributed by atoms with Gasteiger partial charge < -0.3 is 9.47 Å². The van der Waals surface area contributed by atoms with Crippen LogP contribution in [0.2, 0.25) is 0 Å². The van der Waals surface area contributed by atoms with Crippen LogP contribution < -0.4 is 0 Å². The Hall–Kier alpha value is -1.32. The second-order valence-corrected chi connectivity index (χ2v) is 6.57. The molecule has 2 aliphatic heterocycles. The molecule has 3 fully saturated rings. The third kappa shape index (κ3) is 1.20. The van der Waals surface area contributed by atoms with Crippen LogP contribution in [0.15, 0.2) is 11.1 Å². The third-order valence-corrected chi connectivity index (χ3v) is 5.88. The molecular formula is C15H18O4. The molecule has 5 atom stereocenters. The quantitative estimate of drug-likeness (QED) is 0.626. The normalized spacial score (nSPS) is 47.7. The van der Waals surface area contributed by atoms with E-state index in [4.69, 9.17) is 9.47 Å². The number of hydrogen-bond acceptors (Lipinski definition) is 4. The van der Waals surface area contributed by atoms with Crippen molar-refractivity contribution in [1.82, 2.24) is 0 Å². The zero-order chi connectivity index (χ0) is 13.4. The van der Waals surface area contributed by atoms with Crippen LogP contribution in [0.3, 0.4) is 0 Å². The second-order valence-electron chi connectivity index (χ2n) is 6.57. The highest BCUT2D eigenvalue weighted by atomic mass is 16.6. The number of carbonyl (C=O) groups is 2. The fourth-order valence-electron chi connectivity index (χ4n) is 4.78. The van der Waals surface area contributed by atoms with Crippen molar-refractivity contribution in [2.75, 3.05) is 0 Å². The standard InChI is InChI=1S/C15H18O4/c1-7-11-10(18-13(7)16)6-8-4-3-5-9-14(17)19-12(11)15(8,9)2/h8-10,12H,3-6H2,1-2H3/t8-,9-,10+,12+,15+/m1/s1. The van der Waals surface area contributed by atoms with E-state index in [2.05, 4.69) is 6.92 Å². The van der Waals surface area contributed by atoms with Gasteiger partial charge in [-0.2, -0.15) is 0 Å². The Morgan fingerprint density at radius 1 is 1.21 bits per heavy atom. The Labute approximate surface area is 112 Å². The molecule has 4 nitrogen and oxygen atoms in total. The topological polar surface area (TPSA) is 52.6 Å². The molecule has 2 saturated carbocycles. The SMILES string of the molecule is CC1=C2[C@H](C[C@H]3CCC[C@@H]4C(=O)O[C@@H]2[C@@]34C)OC1=O. The molecule has 0 bridgehead atoms. The second kappa shape index (κ2) is 3.41. The lowest BCUT2D eigenvalue weighted by Crippen LogP contribution is -2.50. The van der Waals surface area contributed by atoms with Crippen LogP contribution in [0.25, 0.3) is 0 Å². The zero-order valence-electron chi connectivity index (χ0n) is 11.3. The largest absolute Gasteiger partial charge is 0.457 e. The molecule has 0 aromatic carbocycles. The van der Waals surface area contributed by atoms with E-state index >= 15 is 0 Å². The fourth-order valence-corrected chi connectivity index (χ4v) is 4.78. The van der Waals surface area contributed by atoms with E-state index in [1.54, 1.807) is 6.92 Å². The van der Waals surface area contributed by atoms with Gasteiger partial charge in [0.2, 0.25) is 0 Å². The molecule has 0 aromatic heterocycles. The van der Waals surface area contributed by atoms with Crippen LogP contribution in [-0.2, 0) is 19.1 Å². The Kier molecular flexibility index (Phi) is 2.06. The lowest BCUT2D eigenvalue weighted by atomic mass is 9.54. The van der Waals surface area contributed by atoms with Crippen molar-refractivity contribution in [2.24, 2.45) is 17.3 Å². The number of ether oxygens (including phenoxy) is 2. The summed E-state index contributed by atoms with van der Waals surface area (Å²) in [5.74, 6) is 0.127. The van der Waals surface area contributed by atoms with Gasteiger partial charge in [0.1, 0.15) is 12.2 Å². The first kappa shape index (κ1) is 11.5. The fraction of sp³-hybridized carbons (Fsp3) is 0.733. The molecule has 4 heteroatoms. The van der Waals surface area contributed by atoms with Gasteiger partial charge in [-0.1, -0.05) is 13.3 Å². The number of rotatable bonds is 0. The van der Waals surface area contributed by atoms with Crippen molar-refractivity contribution in [3.8, 4) is 0 Å². The van der Waals surface area contributed by atoms with E-state index in [1.807, 2.05) is 0 Å². The highest BCUT2D eigenvalue weighted by molar-refractivity contribution is 5.92. The Morgan fingerprint density at radius 3 is 2.79 bits per heavy atom. The van der Waals surface area contributed by atoms with Crippen molar-refractivity contribution in [2.45, 2.75) is 51.7 Å². The summed E-state index contributed by atoms with van der Waals surface area (Å²) in [6.45, 7) is 3.97. The van der Waals surface area contributed by atoms with Crippen molar-refractivity contribution in [1.29, 1.82) is 0 Å². The van der Waals surface area contributed by atoms with Gasteiger partial charge in [0.15, 0.2) is 0 Å². The molecule has 19 heavy (non-hydrogen) atoms. The van der Waals surface area contributed by atoms with E-state index in [0.29, 0.717) is 11.5 Å². The van der Waals surface area contributed by atoms with E-state index in [-0.39, 0.29) is 35.5 Å². The minimum Gasteiger partial charge on any atom is -0.457 e. The summed E-state index contributed by atoms with van der Waals surface area (Å²) in [5.41, 5.74) is 1.48. The maximum absolute atomic E-state index is 12.2. The predicted molar refractivity (Wildman–Crippen MR) is 66.0 cm³/mol. The smallest absolute Gasteiger partial charge is 0.334 e. The van der Waals surface area contributed by atoms with Gasteiger partial charge in [-0.25, -0.2) is 4.79 Å². The molecule has 0 spiro atoms. The number of fused-ring (bicyclic) bond motifs is 2. The molecule has 2 heterocycles. The molecule has 0 radical (unpaired) electrons.